The van der Waals surface area contributed by atoms with Crippen LogP contribution < -0.4 is 10.5 Å². The summed E-state index contributed by atoms with van der Waals surface area (Å²) in [6, 6.07) is 7.70. The Balaban J connectivity index is 1.91. The zero-order chi connectivity index (χ0) is 17.6. The predicted molar refractivity (Wildman–Crippen MR) is 88.6 cm³/mol. The number of rotatable bonds is 2. The van der Waals surface area contributed by atoms with Crippen LogP contribution in [0.3, 0.4) is 0 Å². The number of nitrogen functional groups attached to an aromatic ring is 1. The Morgan fingerprint density at radius 3 is 3.08 bits per heavy atom. The maximum atomic E-state index is 11.7. The largest absolute Gasteiger partial charge is 0.497 e. The lowest BCUT2D eigenvalue weighted by atomic mass is 9.79. The van der Waals surface area contributed by atoms with Crippen LogP contribution in [0.1, 0.15) is 41.8 Å². The number of esters is 1. The molecule has 0 radical (unpaired) electrons. The van der Waals surface area contributed by atoms with Crippen LogP contribution in [0.4, 0.5) is 5.95 Å². The van der Waals surface area contributed by atoms with E-state index >= 15 is 0 Å². The molecule has 126 valence electrons. The van der Waals surface area contributed by atoms with Gasteiger partial charge in [-0.2, -0.15) is 5.26 Å². The molecule has 25 heavy (non-hydrogen) atoms. The third-order valence-electron chi connectivity index (χ3n) is 4.70. The van der Waals surface area contributed by atoms with E-state index in [2.05, 4.69) is 11.2 Å². The lowest BCUT2D eigenvalue weighted by molar-refractivity contribution is -0.148. The molecule has 1 aromatic heterocycles. The highest BCUT2D eigenvalue weighted by molar-refractivity contribution is 5.74. The van der Waals surface area contributed by atoms with E-state index in [0.29, 0.717) is 17.8 Å². The molecular weight excluding hydrogens is 320 g/mol. The second-order valence-corrected chi connectivity index (χ2v) is 6.06. The standard InChI is InChI=1S/C18H16N4O3/c1-24-12-4-2-3-10(7-12)13-8-11-5-6-14(23)25-17(11)15-16(13)22(9-19)18(20)21-15/h2-5,7,13,17H,6,8H2,1H3,(H2,20,21). The second-order valence-electron chi connectivity index (χ2n) is 6.06. The van der Waals surface area contributed by atoms with Crippen LogP contribution in [-0.4, -0.2) is 22.6 Å². The summed E-state index contributed by atoms with van der Waals surface area (Å²) in [5, 5.41) is 9.52. The zero-order valence-corrected chi connectivity index (χ0v) is 13.6. The molecule has 0 spiro atoms. The molecule has 1 aliphatic heterocycles. The number of nitriles is 1. The van der Waals surface area contributed by atoms with Crippen molar-refractivity contribution in [1.29, 1.82) is 5.26 Å². The Hall–Kier alpha value is -3.27. The Morgan fingerprint density at radius 1 is 1.48 bits per heavy atom. The van der Waals surface area contributed by atoms with E-state index in [1.165, 1.54) is 4.57 Å². The van der Waals surface area contributed by atoms with Crippen LogP contribution in [0.15, 0.2) is 35.9 Å². The van der Waals surface area contributed by atoms with Gasteiger partial charge in [-0.05, 0) is 29.7 Å². The van der Waals surface area contributed by atoms with Crippen LogP contribution in [0.25, 0.3) is 0 Å². The molecule has 2 unspecified atom stereocenters. The number of aromatic nitrogens is 2. The molecule has 2 aliphatic rings. The number of nitrogens with two attached hydrogens (primary N) is 1. The van der Waals surface area contributed by atoms with Gasteiger partial charge in [-0.3, -0.25) is 4.79 Å². The number of anilines is 1. The number of nitrogens with zero attached hydrogens (tertiary/aromatic N) is 3. The molecule has 1 aromatic carbocycles. The number of methoxy groups -OCH3 is 1. The number of ether oxygens (including phenoxy) is 2. The fourth-order valence-corrected chi connectivity index (χ4v) is 3.57. The van der Waals surface area contributed by atoms with Crippen LogP contribution >= 0.6 is 0 Å². The maximum Gasteiger partial charge on any atom is 0.310 e. The van der Waals surface area contributed by atoms with Gasteiger partial charge in [0.1, 0.15) is 11.4 Å². The number of fused-ring (bicyclic) bond motifs is 3. The molecule has 0 bridgehead atoms. The van der Waals surface area contributed by atoms with Gasteiger partial charge in [-0.1, -0.05) is 18.2 Å². The van der Waals surface area contributed by atoms with E-state index in [1.807, 2.05) is 30.3 Å². The average molecular weight is 336 g/mol. The van der Waals surface area contributed by atoms with Gasteiger partial charge in [0.2, 0.25) is 5.95 Å². The van der Waals surface area contributed by atoms with E-state index in [4.69, 9.17) is 15.2 Å². The van der Waals surface area contributed by atoms with Crippen LogP contribution in [0.5, 0.6) is 5.75 Å². The summed E-state index contributed by atoms with van der Waals surface area (Å²) in [5.41, 5.74) is 9.12. The minimum Gasteiger partial charge on any atom is -0.497 e. The van der Waals surface area contributed by atoms with Gasteiger partial charge in [0.15, 0.2) is 12.3 Å². The number of carbonyl (C=O) groups is 1. The molecule has 2 atom stereocenters. The lowest BCUT2D eigenvalue weighted by Crippen LogP contribution is -2.26. The maximum absolute atomic E-state index is 11.7. The highest BCUT2D eigenvalue weighted by Crippen LogP contribution is 2.47. The Morgan fingerprint density at radius 2 is 2.32 bits per heavy atom. The van der Waals surface area contributed by atoms with Gasteiger partial charge in [-0.15, -0.1) is 0 Å². The predicted octanol–water partition coefficient (Wildman–Crippen LogP) is 2.25. The van der Waals surface area contributed by atoms with Crippen LogP contribution in [-0.2, 0) is 9.53 Å². The van der Waals surface area contributed by atoms with Crippen LogP contribution in [0, 0.1) is 11.5 Å². The van der Waals surface area contributed by atoms with Gasteiger partial charge in [-0.25, -0.2) is 9.55 Å². The number of hydrogen-bond donors (Lipinski definition) is 1. The number of carbonyl (C=O) groups excluding carboxylic acids is 1. The highest BCUT2D eigenvalue weighted by Gasteiger charge is 2.40. The Kier molecular flexibility index (Phi) is 3.46. The number of hydrogen-bond acceptors (Lipinski definition) is 6. The first-order valence-corrected chi connectivity index (χ1v) is 7.92. The van der Waals surface area contributed by atoms with Gasteiger partial charge >= 0.3 is 5.97 Å². The Bertz CT molecular complexity index is 938. The third-order valence-corrected chi connectivity index (χ3v) is 4.70. The first-order valence-electron chi connectivity index (χ1n) is 7.92. The summed E-state index contributed by atoms with van der Waals surface area (Å²) in [5.74, 6) is 0.419. The minimum absolute atomic E-state index is 0.100. The molecular formula is C18H16N4O3. The molecule has 1 aliphatic carbocycles. The highest BCUT2D eigenvalue weighted by atomic mass is 16.5. The molecule has 0 saturated heterocycles. The summed E-state index contributed by atoms with van der Waals surface area (Å²) in [6.45, 7) is 0. The van der Waals surface area contributed by atoms with Crippen molar-refractivity contribution in [2.75, 3.05) is 12.8 Å². The van der Waals surface area contributed by atoms with E-state index in [1.54, 1.807) is 7.11 Å². The summed E-state index contributed by atoms with van der Waals surface area (Å²) in [4.78, 5) is 16.0. The number of benzene rings is 1. The van der Waals surface area contributed by atoms with Gasteiger partial charge < -0.3 is 15.2 Å². The molecule has 7 heteroatoms. The third kappa shape index (κ3) is 2.34. The molecule has 0 amide bonds. The van der Waals surface area contributed by atoms with E-state index in [9.17, 15) is 10.1 Å². The van der Waals surface area contributed by atoms with Crippen molar-refractivity contribution in [3.8, 4) is 11.9 Å². The van der Waals surface area contributed by atoms with Gasteiger partial charge in [0.25, 0.3) is 0 Å². The summed E-state index contributed by atoms with van der Waals surface area (Å²) < 4.78 is 12.1. The molecule has 4 rings (SSSR count). The first kappa shape index (κ1) is 15.3. The monoisotopic (exact) mass is 336 g/mol. The molecule has 2 heterocycles. The molecule has 2 N–H and O–H groups in total. The number of imidazole rings is 1. The first-order chi connectivity index (χ1) is 12.1. The summed E-state index contributed by atoms with van der Waals surface area (Å²) in [7, 11) is 1.61. The molecule has 2 aromatic rings. The normalized spacial score (nSPS) is 21.4. The van der Waals surface area contributed by atoms with Crippen molar-refractivity contribution in [2.24, 2.45) is 0 Å². The van der Waals surface area contributed by atoms with Crippen LogP contribution in [0.2, 0.25) is 0 Å². The van der Waals surface area contributed by atoms with Crippen molar-refractivity contribution in [2.45, 2.75) is 24.9 Å². The fraction of sp³-hybridized carbons (Fsp3) is 0.278. The lowest BCUT2D eigenvalue weighted by Gasteiger charge is -2.33. The molecule has 7 nitrogen and oxygen atoms in total. The minimum atomic E-state index is -0.560. The van der Waals surface area contributed by atoms with Crippen molar-refractivity contribution in [3.05, 3.63) is 52.9 Å². The van der Waals surface area contributed by atoms with Crippen molar-refractivity contribution in [1.82, 2.24) is 9.55 Å². The van der Waals surface area contributed by atoms with Gasteiger partial charge in [0, 0.05) is 5.92 Å². The van der Waals surface area contributed by atoms with Gasteiger partial charge in [0.05, 0.1) is 19.2 Å². The summed E-state index contributed by atoms with van der Waals surface area (Å²) in [6.07, 6.45) is 4.29. The topological polar surface area (TPSA) is 103 Å². The SMILES string of the molecule is COc1cccc(C2CC3=CCC(=O)OC3c3nc(N)n(C#N)c32)c1. The second kappa shape index (κ2) is 5.67. The zero-order valence-electron chi connectivity index (χ0n) is 13.6. The average Bonchev–Trinajstić information content (AvgIpc) is 2.97. The fourth-order valence-electron chi connectivity index (χ4n) is 3.57. The van der Waals surface area contributed by atoms with E-state index in [0.717, 1.165) is 16.9 Å². The van der Waals surface area contributed by atoms with Crippen molar-refractivity contribution >= 4 is 11.9 Å². The molecule has 0 saturated carbocycles. The Labute approximate surface area is 144 Å². The molecule has 0 fully saturated rings. The van der Waals surface area contributed by atoms with E-state index in [-0.39, 0.29) is 24.3 Å². The summed E-state index contributed by atoms with van der Waals surface area (Å²) >= 11 is 0. The smallest absolute Gasteiger partial charge is 0.310 e. The van der Waals surface area contributed by atoms with Crippen molar-refractivity contribution in [3.63, 3.8) is 0 Å². The van der Waals surface area contributed by atoms with E-state index < -0.39 is 6.10 Å². The van der Waals surface area contributed by atoms with Crippen molar-refractivity contribution < 1.29 is 14.3 Å². The quantitative estimate of drug-likeness (QED) is 0.666.